The molecule has 6 N–H and O–H groups in total. The molecule has 9 heavy (non-hydrogen) atoms. The van der Waals surface area contributed by atoms with E-state index in [1.54, 1.807) is 0 Å². The molecule has 0 spiro atoms. The van der Waals surface area contributed by atoms with Crippen LogP contribution in [0, 0.1) is 0 Å². The summed E-state index contributed by atoms with van der Waals surface area (Å²) in [6.45, 7) is 3.21. The maximum atomic E-state index is 8.18. The summed E-state index contributed by atoms with van der Waals surface area (Å²) in [6, 6.07) is 0. The summed E-state index contributed by atoms with van der Waals surface area (Å²) in [5.74, 6) is 0. The van der Waals surface area contributed by atoms with E-state index < -0.39 is 18.1 Å². The molecule has 0 unspecified atom stereocenters. The molecule has 5 nitrogen and oxygen atoms in total. The predicted octanol–water partition coefficient (Wildman–Crippen LogP) is -0.858. The van der Waals surface area contributed by atoms with Crippen molar-refractivity contribution in [3.8, 4) is 0 Å². The van der Waals surface area contributed by atoms with Crippen molar-refractivity contribution in [3.63, 3.8) is 0 Å². The Hall–Kier alpha value is 0.254. The number of hydrogen-bond donors (Lipinski definition) is 4. The van der Waals surface area contributed by atoms with E-state index in [0.29, 0.717) is 0 Å². The Morgan fingerprint density at radius 2 is 1.89 bits per heavy atom. The van der Waals surface area contributed by atoms with Gasteiger partial charge in [0.25, 0.3) is 0 Å². The van der Waals surface area contributed by atoms with Crippen LogP contribution in [0.15, 0.2) is 12.7 Å². The van der Waals surface area contributed by atoms with Gasteiger partial charge in [0.1, 0.15) is 0 Å². The molecule has 0 heterocycles. The van der Waals surface area contributed by atoms with Crippen LogP contribution in [0.4, 0.5) is 0 Å². The van der Waals surface area contributed by atoms with Gasteiger partial charge in [0.2, 0.25) is 0 Å². The van der Waals surface area contributed by atoms with Crippen LogP contribution in [0.1, 0.15) is 0 Å². The zero-order chi connectivity index (χ0) is 6.62. The predicted molar refractivity (Wildman–Crippen MR) is 27.8 cm³/mol. The molecule has 0 bridgehead atoms. The van der Waals surface area contributed by atoms with Crippen molar-refractivity contribution >= 4 is 0 Å². The van der Waals surface area contributed by atoms with Gasteiger partial charge < -0.3 is 6.15 Å². The van der Waals surface area contributed by atoms with Crippen LogP contribution in [0.3, 0.4) is 0 Å². The fourth-order valence-electron chi connectivity index (χ4n) is 0.171. The first-order valence-electron chi connectivity index (χ1n) is 1.98. The molecule has 0 radical (unpaired) electrons. The number of hydrogen-bond acceptors (Lipinski definition) is 5. The Kier molecular flexibility index (Phi) is 6.75. The molecule has 0 rings (SSSR count). The van der Waals surface area contributed by atoms with Crippen LogP contribution >= 0.6 is 0 Å². The largest absolute Gasteiger partial charge is 0.344 e. The average molecular weight is 173 g/mol. The van der Waals surface area contributed by atoms with Gasteiger partial charge in [-0.15, -0.1) is 0 Å². The maximum Gasteiger partial charge on any atom is -0.344 e. The summed E-state index contributed by atoms with van der Waals surface area (Å²) in [7, 11) is 0. The van der Waals surface area contributed by atoms with Gasteiger partial charge in [-0.2, -0.15) is 0 Å². The molecule has 0 fully saturated rings. The van der Waals surface area contributed by atoms with Gasteiger partial charge in [-0.05, 0) is 0 Å². The van der Waals surface area contributed by atoms with Crippen molar-refractivity contribution in [3.05, 3.63) is 12.7 Å². The van der Waals surface area contributed by atoms with Crippen LogP contribution in [-0.2, 0) is 21.5 Å². The van der Waals surface area contributed by atoms with Crippen molar-refractivity contribution in [2.45, 2.75) is 0 Å². The second-order valence-electron chi connectivity index (χ2n) is 1.17. The zero-order valence-corrected chi connectivity index (χ0v) is 6.51. The summed E-state index contributed by atoms with van der Waals surface area (Å²) in [4.78, 5) is 0. The smallest absolute Gasteiger partial charge is 0.344 e. The van der Waals surface area contributed by atoms with Crippen molar-refractivity contribution in [1.82, 2.24) is 6.15 Å². The topological polar surface area (TPSA) is 105 Å². The summed E-state index contributed by atoms with van der Waals surface area (Å²) < 4.78 is 28.6. The molecule has 0 atom stereocenters. The minimum absolute atomic E-state index is 0. The molecular formula is C3H11NO4Ti. The molecule has 0 aromatic carbocycles. The Morgan fingerprint density at radius 3 is 2.00 bits per heavy atom. The third kappa shape index (κ3) is 11.7. The molecular weight excluding hydrogens is 162 g/mol. The fourth-order valence-corrected chi connectivity index (χ4v) is 0.704. The van der Waals surface area contributed by atoms with Gasteiger partial charge in [0.15, 0.2) is 0 Å². The van der Waals surface area contributed by atoms with Crippen molar-refractivity contribution in [2.75, 3.05) is 6.61 Å². The van der Waals surface area contributed by atoms with E-state index in [1.165, 1.54) is 6.08 Å². The molecule has 0 aromatic heterocycles. The van der Waals surface area contributed by atoms with Crippen molar-refractivity contribution in [2.24, 2.45) is 0 Å². The zero-order valence-electron chi connectivity index (χ0n) is 4.95. The second kappa shape index (κ2) is 5.07. The van der Waals surface area contributed by atoms with E-state index in [-0.39, 0.29) is 12.8 Å². The van der Waals surface area contributed by atoms with E-state index in [4.69, 9.17) is 11.1 Å². The van der Waals surface area contributed by atoms with E-state index in [2.05, 4.69) is 9.90 Å². The van der Waals surface area contributed by atoms with Gasteiger partial charge in [-0.1, -0.05) is 0 Å². The molecule has 6 heteroatoms. The van der Waals surface area contributed by atoms with Crippen LogP contribution in [0.2, 0.25) is 0 Å². The molecule has 0 aliphatic rings. The normalized spacial score (nSPS) is 10.1. The van der Waals surface area contributed by atoms with Crippen molar-refractivity contribution < 1.29 is 32.5 Å². The monoisotopic (exact) mass is 173 g/mol. The first kappa shape index (κ1) is 12.0. The van der Waals surface area contributed by atoms with Gasteiger partial charge >= 0.3 is 51.8 Å². The quantitative estimate of drug-likeness (QED) is 0.328. The van der Waals surface area contributed by atoms with E-state index in [1.807, 2.05) is 0 Å². The molecule has 0 saturated carbocycles. The molecule has 56 valence electrons. The van der Waals surface area contributed by atoms with Crippen LogP contribution in [0.25, 0.3) is 0 Å². The van der Waals surface area contributed by atoms with Gasteiger partial charge in [-0.3, -0.25) is 0 Å². The Bertz CT molecular complexity index is 80.4. The average Bonchev–Trinajstić information content (AvgIpc) is 1.59. The second-order valence-corrected chi connectivity index (χ2v) is 3.42. The number of rotatable bonds is 3. The van der Waals surface area contributed by atoms with Gasteiger partial charge in [-0.25, -0.2) is 0 Å². The fraction of sp³-hybridized carbons (Fsp3) is 0.333. The van der Waals surface area contributed by atoms with Gasteiger partial charge in [0.05, 0.1) is 0 Å². The van der Waals surface area contributed by atoms with Crippen LogP contribution in [0.5, 0.6) is 0 Å². The first-order chi connectivity index (χ1) is 3.56. The third-order valence-electron chi connectivity index (χ3n) is 0.395. The Labute approximate surface area is 58.4 Å². The third-order valence-corrected chi connectivity index (χ3v) is 1.26. The van der Waals surface area contributed by atoms with Gasteiger partial charge in [0, 0.05) is 0 Å². The van der Waals surface area contributed by atoms with E-state index in [9.17, 15) is 0 Å². The summed E-state index contributed by atoms with van der Waals surface area (Å²) in [5.41, 5.74) is 0. The minimum Gasteiger partial charge on any atom is -0.344 e. The van der Waals surface area contributed by atoms with Crippen LogP contribution < -0.4 is 6.15 Å². The Balaban J connectivity index is 0. The summed E-state index contributed by atoms with van der Waals surface area (Å²) >= 11 is -4.68. The van der Waals surface area contributed by atoms with Crippen molar-refractivity contribution in [1.29, 1.82) is 0 Å². The standard InChI is InChI=1S/C3H5O.H3N.3H2O.Ti/c1-2-3-4;;;;;/h2H,1,3H2;1H3;3*1H2;/q-1;;;;;+4/p-3. The van der Waals surface area contributed by atoms with E-state index >= 15 is 0 Å². The minimum atomic E-state index is -4.68. The maximum absolute atomic E-state index is 8.18. The molecule has 0 aromatic rings. The molecule has 0 saturated heterocycles. The first-order valence-corrected chi connectivity index (χ1v) is 4.71. The molecule has 0 amide bonds. The SMILES string of the molecule is C=CC[O][Ti]([OH])([OH])[OH].N. The summed E-state index contributed by atoms with van der Waals surface area (Å²) in [5, 5.41) is 0. The molecule has 0 aliphatic carbocycles. The molecule has 0 aliphatic heterocycles. The van der Waals surface area contributed by atoms with Crippen LogP contribution in [-0.4, -0.2) is 17.7 Å². The Morgan fingerprint density at radius 1 is 1.44 bits per heavy atom. The summed E-state index contributed by atoms with van der Waals surface area (Å²) in [6.07, 6.45) is 1.32. The van der Waals surface area contributed by atoms with E-state index in [0.717, 1.165) is 0 Å².